The smallest absolute Gasteiger partial charge is 0.276 e. The minimum absolute atomic E-state index is 0.262. The summed E-state index contributed by atoms with van der Waals surface area (Å²) in [5, 5.41) is 14.4. The summed E-state index contributed by atoms with van der Waals surface area (Å²) in [4.78, 5) is 19.6. The average Bonchev–Trinajstić information content (AvgIpc) is 3.34. The van der Waals surface area contributed by atoms with Gasteiger partial charge in [-0.25, -0.2) is 9.50 Å². The average molecular weight is 485 g/mol. The monoisotopic (exact) mass is 484 g/mol. The van der Waals surface area contributed by atoms with E-state index in [1.165, 1.54) is 0 Å². The summed E-state index contributed by atoms with van der Waals surface area (Å²) in [6.07, 6.45) is 7.18. The number of hydrogen-bond donors (Lipinski definition) is 4. The highest BCUT2D eigenvalue weighted by Crippen LogP contribution is 2.31. The van der Waals surface area contributed by atoms with E-state index in [1.54, 1.807) is 23.0 Å². The number of nitrogens with two attached hydrogens (primary N) is 1. The molecule has 5 rings (SSSR count). The standard InChI is InChI=1S/C27H32N8O/c1-34(18-30-20-6-3-2-4-7-20)22-13-14-23(24(16-22)32-21-11-9-19(28)10-12-21)33-27(36)25-17-29-26-8-5-15-31-35(25)26/h2-8,13-17,19,21,30,32H,9-12,18,28H2,1H3,(H,33,36). The largest absolute Gasteiger partial charge is 0.381 e. The van der Waals surface area contributed by atoms with Crippen molar-refractivity contribution in [2.24, 2.45) is 5.73 Å². The lowest BCUT2D eigenvalue weighted by molar-refractivity contribution is 0.102. The number of carbonyl (C=O) groups is 1. The van der Waals surface area contributed by atoms with E-state index in [4.69, 9.17) is 5.73 Å². The molecule has 2 heterocycles. The third-order valence-corrected chi connectivity index (χ3v) is 6.63. The number of anilines is 4. The Morgan fingerprint density at radius 1 is 1.06 bits per heavy atom. The van der Waals surface area contributed by atoms with Gasteiger partial charge in [-0.3, -0.25) is 4.79 Å². The maximum atomic E-state index is 13.2. The van der Waals surface area contributed by atoms with Crippen molar-refractivity contribution in [2.45, 2.75) is 37.8 Å². The molecule has 186 valence electrons. The molecule has 1 fully saturated rings. The second-order valence-electron chi connectivity index (χ2n) is 9.28. The number of aromatic nitrogens is 3. The minimum Gasteiger partial charge on any atom is -0.381 e. The Kier molecular flexibility index (Phi) is 6.99. The Bertz CT molecular complexity index is 1310. The highest BCUT2D eigenvalue weighted by molar-refractivity contribution is 6.05. The molecule has 0 aliphatic heterocycles. The molecule has 1 saturated carbocycles. The van der Waals surface area contributed by atoms with E-state index in [9.17, 15) is 4.79 Å². The highest BCUT2D eigenvalue weighted by atomic mass is 16.2. The second-order valence-corrected chi connectivity index (χ2v) is 9.28. The Morgan fingerprint density at radius 3 is 2.67 bits per heavy atom. The summed E-state index contributed by atoms with van der Waals surface area (Å²) in [5.74, 6) is -0.262. The molecule has 1 aliphatic rings. The maximum absolute atomic E-state index is 13.2. The fourth-order valence-corrected chi connectivity index (χ4v) is 4.51. The first-order chi connectivity index (χ1) is 17.6. The van der Waals surface area contributed by atoms with Crippen LogP contribution >= 0.6 is 0 Å². The first-order valence-corrected chi connectivity index (χ1v) is 12.3. The van der Waals surface area contributed by atoms with Gasteiger partial charge in [0.25, 0.3) is 5.91 Å². The number of nitrogens with zero attached hydrogens (tertiary/aromatic N) is 4. The second kappa shape index (κ2) is 10.7. The molecule has 36 heavy (non-hydrogen) atoms. The van der Waals surface area contributed by atoms with E-state index in [-0.39, 0.29) is 11.9 Å². The fraction of sp³-hybridized carbons (Fsp3) is 0.296. The van der Waals surface area contributed by atoms with E-state index in [0.717, 1.165) is 42.7 Å². The molecule has 5 N–H and O–H groups in total. The third kappa shape index (κ3) is 5.41. The molecule has 0 saturated heterocycles. The third-order valence-electron chi connectivity index (χ3n) is 6.63. The molecule has 9 heteroatoms. The van der Waals surface area contributed by atoms with Crippen LogP contribution in [-0.2, 0) is 0 Å². The van der Waals surface area contributed by atoms with Crippen LogP contribution in [0, 0.1) is 0 Å². The molecular weight excluding hydrogens is 452 g/mol. The van der Waals surface area contributed by atoms with Gasteiger partial charge in [-0.1, -0.05) is 18.2 Å². The van der Waals surface area contributed by atoms with Gasteiger partial charge in [-0.2, -0.15) is 5.10 Å². The zero-order chi connectivity index (χ0) is 24.9. The Morgan fingerprint density at radius 2 is 1.86 bits per heavy atom. The number of imidazole rings is 1. The van der Waals surface area contributed by atoms with Gasteiger partial charge in [-0.05, 0) is 68.1 Å². The van der Waals surface area contributed by atoms with Crippen molar-refractivity contribution in [1.82, 2.24) is 14.6 Å². The van der Waals surface area contributed by atoms with Gasteiger partial charge in [0.15, 0.2) is 11.3 Å². The number of hydrogen-bond acceptors (Lipinski definition) is 7. The van der Waals surface area contributed by atoms with Crippen LogP contribution in [0.4, 0.5) is 22.7 Å². The van der Waals surface area contributed by atoms with Gasteiger partial charge >= 0.3 is 0 Å². The lowest BCUT2D eigenvalue weighted by atomic mass is 9.91. The summed E-state index contributed by atoms with van der Waals surface area (Å²) in [5.41, 5.74) is 10.8. The molecule has 2 aromatic carbocycles. The molecule has 4 aromatic rings. The van der Waals surface area contributed by atoms with Crippen LogP contribution in [0.1, 0.15) is 36.2 Å². The Balaban J connectivity index is 1.36. The van der Waals surface area contributed by atoms with Gasteiger partial charge in [0.05, 0.1) is 24.2 Å². The first kappa shape index (κ1) is 23.6. The number of rotatable bonds is 8. The van der Waals surface area contributed by atoms with E-state index in [0.29, 0.717) is 29.7 Å². The topological polar surface area (TPSA) is 113 Å². The fourth-order valence-electron chi connectivity index (χ4n) is 4.51. The van der Waals surface area contributed by atoms with Crippen LogP contribution in [0.15, 0.2) is 73.1 Å². The zero-order valence-electron chi connectivity index (χ0n) is 20.4. The number of benzene rings is 2. The van der Waals surface area contributed by atoms with Crippen molar-refractivity contribution in [3.05, 3.63) is 78.8 Å². The quantitative estimate of drug-likeness (QED) is 0.278. The predicted octanol–water partition coefficient (Wildman–Crippen LogP) is 4.17. The highest BCUT2D eigenvalue weighted by Gasteiger charge is 2.21. The Labute approximate surface area is 210 Å². The van der Waals surface area contributed by atoms with Gasteiger partial charge in [0, 0.05) is 36.7 Å². The summed E-state index contributed by atoms with van der Waals surface area (Å²) < 4.78 is 1.54. The maximum Gasteiger partial charge on any atom is 0.276 e. The zero-order valence-corrected chi connectivity index (χ0v) is 20.4. The molecule has 9 nitrogen and oxygen atoms in total. The predicted molar refractivity (Wildman–Crippen MR) is 145 cm³/mol. The van der Waals surface area contributed by atoms with Gasteiger partial charge in [0.2, 0.25) is 0 Å². The van der Waals surface area contributed by atoms with Crippen LogP contribution in [0.25, 0.3) is 5.65 Å². The van der Waals surface area contributed by atoms with Crippen molar-refractivity contribution in [3.63, 3.8) is 0 Å². The molecule has 0 bridgehead atoms. The lowest BCUT2D eigenvalue weighted by Gasteiger charge is -2.29. The van der Waals surface area contributed by atoms with E-state index >= 15 is 0 Å². The van der Waals surface area contributed by atoms with Crippen LogP contribution < -0.4 is 26.6 Å². The number of fused-ring (bicyclic) bond motifs is 1. The molecular formula is C27H32N8O. The summed E-state index contributed by atoms with van der Waals surface area (Å²) >= 11 is 0. The minimum atomic E-state index is -0.262. The molecule has 0 radical (unpaired) electrons. The van der Waals surface area contributed by atoms with E-state index < -0.39 is 0 Å². The van der Waals surface area contributed by atoms with Gasteiger partial charge < -0.3 is 26.6 Å². The molecule has 0 unspecified atom stereocenters. The number of amides is 1. The summed E-state index contributed by atoms with van der Waals surface area (Å²) in [6.45, 7) is 0.640. The van der Waals surface area contributed by atoms with Crippen molar-refractivity contribution in [2.75, 3.05) is 34.6 Å². The van der Waals surface area contributed by atoms with Crippen LogP contribution in [-0.4, -0.2) is 46.3 Å². The molecule has 0 atom stereocenters. The van der Waals surface area contributed by atoms with Crippen molar-refractivity contribution in [3.8, 4) is 0 Å². The first-order valence-electron chi connectivity index (χ1n) is 12.3. The molecule has 1 aliphatic carbocycles. The number of nitrogens with one attached hydrogen (secondary N) is 3. The lowest BCUT2D eigenvalue weighted by Crippen LogP contribution is -2.33. The summed E-state index contributed by atoms with van der Waals surface area (Å²) in [7, 11) is 2.04. The summed E-state index contributed by atoms with van der Waals surface area (Å²) in [6, 6.07) is 20.3. The normalized spacial score (nSPS) is 17.5. The van der Waals surface area contributed by atoms with Crippen LogP contribution in [0.2, 0.25) is 0 Å². The van der Waals surface area contributed by atoms with Crippen molar-refractivity contribution in [1.29, 1.82) is 0 Å². The number of para-hydroxylation sites is 1. The van der Waals surface area contributed by atoms with Crippen molar-refractivity contribution >= 4 is 34.3 Å². The molecule has 0 spiro atoms. The van der Waals surface area contributed by atoms with E-state index in [2.05, 4.69) is 37.0 Å². The van der Waals surface area contributed by atoms with E-state index in [1.807, 2.05) is 55.6 Å². The van der Waals surface area contributed by atoms with Gasteiger partial charge in [0.1, 0.15) is 0 Å². The van der Waals surface area contributed by atoms with Gasteiger partial charge in [-0.15, -0.1) is 0 Å². The van der Waals surface area contributed by atoms with Crippen LogP contribution in [0.5, 0.6) is 0 Å². The molecule has 1 amide bonds. The number of carbonyl (C=O) groups excluding carboxylic acids is 1. The van der Waals surface area contributed by atoms with Crippen molar-refractivity contribution < 1.29 is 4.79 Å². The van der Waals surface area contributed by atoms with Crippen LogP contribution in [0.3, 0.4) is 0 Å². The Hall–Kier alpha value is -4.11. The molecule has 2 aromatic heterocycles. The SMILES string of the molecule is CN(CNc1ccccc1)c1ccc(NC(=O)c2cnc3cccnn23)c(NC2CCC(N)CC2)c1.